The molecule has 0 saturated heterocycles. The minimum atomic E-state index is -0.439. The second-order valence-corrected chi connectivity index (χ2v) is 6.31. The van der Waals surface area contributed by atoms with Crippen LogP contribution in [0.1, 0.15) is 22.5 Å². The smallest absolute Gasteiger partial charge is 0.269 e. The number of hydrogen-bond acceptors (Lipinski definition) is 5. The summed E-state index contributed by atoms with van der Waals surface area (Å²) >= 11 is 6.11. The van der Waals surface area contributed by atoms with E-state index >= 15 is 0 Å². The lowest BCUT2D eigenvalue weighted by atomic mass is 10.2. The highest BCUT2D eigenvalue weighted by molar-refractivity contribution is 6.31. The molecule has 0 amide bonds. The standard InChI is InChI=1S/C19H15ClN4O3/c1-12-19(27-11-14-3-6-16(7-4-14)24(25)26)13(2)23(22-12)17-8-5-15(10-21)18(20)9-17/h3-9H,11H2,1-2H3. The highest BCUT2D eigenvalue weighted by Gasteiger charge is 2.15. The van der Waals surface area contributed by atoms with Crippen molar-refractivity contribution in [2.24, 2.45) is 0 Å². The Labute approximate surface area is 160 Å². The maximum Gasteiger partial charge on any atom is 0.269 e. The van der Waals surface area contributed by atoms with Crippen molar-refractivity contribution in [2.75, 3.05) is 0 Å². The maximum atomic E-state index is 10.7. The average molecular weight is 383 g/mol. The van der Waals surface area contributed by atoms with Crippen molar-refractivity contribution in [1.82, 2.24) is 9.78 Å². The quantitative estimate of drug-likeness (QED) is 0.478. The number of nitrogens with zero attached hydrogens (tertiary/aromatic N) is 4. The highest BCUT2D eigenvalue weighted by atomic mass is 35.5. The van der Waals surface area contributed by atoms with Gasteiger partial charge in [-0.2, -0.15) is 10.4 Å². The second-order valence-electron chi connectivity index (χ2n) is 5.90. The Morgan fingerprint density at radius 3 is 2.56 bits per heavy atom. The van der Waals surface area contributed by atoms with E-state index in [0.717, 1.165) is 16.9 Å². The molecule has 0 atom stereocenters. The SMILES string of the molecule is Cc1nn(-c2ccc(C#N)c(Cl)c2)c(C)c1OCc1ccc([N+](=O)[O-])cc1. The second kappa shape index (κ2) is 7.48. The molecule has 1 aromatic heterocycles. The first-order valence-corrected chi connectivity index (χ1v) is 8.41. The summed E-state index contributed by atoms with van der Waals surface area (Å²) in [4.78, 5) is 10.3. The van der Waals surface area contributed by atoms with E-state index in [1.807, 2.05) is 19.9 Å². The number of nitro groups is 1. The third-order valence-electron chi connectivity index (χ3n) is 4.07. The summed E-state index contributed by atoms with van der Waals surface area (Å²) < 4.78 is 7.59. The van der Waals surface area contributed by atoms with Gasteiger partial charge >= 0.3 is 0 Å². The van der Waals surface area contributed by atoms with E-state index < -0.39 is 4.92 Å². The van der Waals surface area contributed by atoms with Gasteiger partial charge in [0.15, 0.2) is 5.75 Å². The molecule has 7 nitrogen and oxygen atoms in total. The van der Waals surface area contributed by atoms with Crippen LogP contribution < -0.4 is 4.74 Å². The van der Waals surface area contributed by atoms with Gasteiger partial charge in [0.05, 0.1) is 26.9 Å². The van der Waals surface area contributed by atoms with E-state index in [1.54, 1.807) is 35.0 Å². The van der Waals surface area contributed by atoms with Crippen LogP contribution >= 0.6 is 11.6 Å². The van der Waals surface area contributed by atoms with Crippen LogP contribution in [0.25, 0.3) is 5.69 Å². The summed E-state index contributed by atoms with van der Waals surface area (Å²) in [5, 5.41) is 24.6. The summed E-state index contributed by atoms with van der Waals surface area (Å²) in [7, 11) is 0. The van der Waals surface area contributed by atoms with Crippen LogP contribution in [0, 0.1) is 35.3 Å². The fraction of sp³-hybridized carbons (Fsp3) is 0.158. The fourth-order valence-corrected chi connectivity index (χ4v) is 2.90. The molecule has 0 unspecified atom stereocenters. The van der Waals surface area contributed by atoms with E-state index in [-0.39, 0.29) is 12.3 Å². The van der Waals surface area contributed by atoms with Gasteiger partial charge in [-0.05, 0) is 49.7 Å². The Balaban J connectivity index is 1.82. The molecule has 0 saturated carbocycles. The maximum absolute atomic E-state index is 10.7. The first kappa shape index (κ1) is 18.4. The molecule has 8 heteroatoms. The van der Waals surface area contributed by atoms with E-state index in [4.69, 9.17) is 21.6 Å². The molecule has 0 radical (unpaired) electrons. The number of halogens is 1. The van der Waals surface area contributed by atoms with Crippen molar-refractivity contribution in [3.8, 4) is 17.5 Å². The molecule has 0 aliphatic rings. The van der Waals surface area contributed by atoms with Gasteiger partial charge in [0.1, 0.15) is 18.4 Å². The fourth-order valence-electron chi connectivity index (χ4n) is 2.68. The monoisotopic (exact) mass is 382 g/mol. The van der Waals surface area contributed by atoms with Crippen molar-refractivity contribution >= 4 is 17.3 Å². The molecule has 0 bridgehead atoms. The predicted molar refractivity (Wildman–Crippen MR) is 100 cm³/mol. The minimum absolute atomic E-state index is 0.0385. The predicted octanol–water partition coefficient (Wildman–Crippen LogP) is 4.50. The molecular formula is C19H15ClN4O3. The van der Waals surface area contributed by atoms with Crippen molar-refractivity contribution in [3.05, 3.63) is 80.1 Å². The number of nitro benzene ring substituents is 1. The molecule has 136 valence electrons. The van der Waals surface area contributed by atoms with Gasteiger partial charge in [-0.25, -0.2) is 4.68 Å². The Morgan fingerprint density at radius 2 is 1.96 bits per heavy atom. The number of benzene rings is 2. The largest absolute Gasteiger partial charge is 0.485 e. The summed E-state index contributed by atoms with van der Waals surface area (Å²) in [5.74, 6) is 0.633. The lowest BCUT2D eigenvalue weighted by molar-refractivity contribution is -0.384. The summed E-state index contributed by atoms with van der Waals surface area (Å²) in [5.41, 5.74) is 3.47. The first-order valence-electron chi connectivity index (χ1n) is 8.03. The van der Waals surface area contributed by atoms with Crippen LogP contribution in [-0.2, 0) is 6.61 Å². The molecule has 0 N–H and O–H groups in total. The molecule has 27 heavy (non-hydrogen) atoms. The summed E-state index contributed by atoms with van der Waals surface area (Å²) in [6.07, 6.45) is 0. The van der Waals surface area contributed by atoms with E-state index in [9.17, 15) is 10.1 Å². The third kappa shape index (κ3) is 3.76. The summed E-state index contributed by atoms with van der Waals surface area (Å²) in [6.45, 7) is 3.97. The average Bonchev–Trinajstić information content (AvgIpc) is 2.94. The summed E-state index contributed by atoms with van der Waals surface area (Å²) in [6, 6.07) is 13.3. The Kier molecular flexibility index (Phi) is 5.10. The molecule has 0 spiro atoms. The molecule has 2 aromatic carbocycles. The zero-order chi connectivity index (χ0) is 19.6. The van der Waals surface area contributed by atoms with Gasteiger partial charge in [0.25, 0.3) is 5.69 Å². The topological polar surface area (TPSA) is 94.0 Å². The number of aryl methyl sites for hydroxylation is 1. The van der Waals surface area contributed by atoms with Gasteiger partial charge in [-0.1, -0.05) is 11.6 Å². The first-order chi connectivity index (χ1) is 12.9. The molecule has 1 heterocycles. The van der Waals surface area contributed by atoms with Crippen molar-refractivity contribution in [2.45, 2.75) is 20.5 Å². The number of non-ortho nitro benzene ring substituents is 1. The van der Waals surface area contributed by atoms with Gasteiger partial charge in [-0.3, -0.25) is 10.1 Å². The molecule has 3 aromatic rings. The molecule has 0 fully saturated rings. The van der Waals surface area contributed by atoms with Crippen LogP contribution in [-0.4, -0.2) is 14.7 Å². The lowest BCUT2D eigenvalue weighted by Gasteiger charge is -2.08. The van der Waals surface area contributed by atoms with Crippen LogP contribution in [0.2, 0.25) is 5.02 Å². The van der Waals surface area contributed by atoms with Crippen LogP contribution in [0.5, 0.6) is 5.75 Å². The number of rotatable bonds is 5. The van der Waals surface area contributed by atoms with E-state index in [1.165, 1.54) is 12.1 Å². The molecule has 0 aliphatic carbocycles. The van der Waals surface area contributed by atoms with Crippen molar-refractivity contribution < 1.29 is 9.66 Å². The lowest BCUT2D eigenvalue weighted by Crippen LogP contribution is -2.01. The van der Waals surface area contributed by atoms with Crippen molar-refractivity contribution in [1.29, 1.82) is 5.26 Å². The number of aromatic nitrogens is 2. The molecule has 0 aliphatic heterocycles. The number of ether oxygens (including phenoxy) is 1. The van der Waals surface area contributed by atoms with Gasteiger partial charge in [-0.15, -0.1) is 0 Å². The molecular weight excluding hydrogens is 368 g/mol. The van der Waals surface area contributed by atoms with Crippen LogP contribution in [0.3, 0.4) is 0 Å². The Hall–Kier alpha value is -3.37. The van der Waals surface area contributed by atoms with Crippen molar-refractivity contribution in [3.63, 3.8) is 0 Å². The normalized spacial score (nSPS) is 10.4. The third-order valence-corrected chi connectivity index (χ3v) is 4.39. The zero-order valence-electron chi connectivity index (χ0n) is 14.6. The minimum Gasteiger partial charge on any atom is -0.485 e. The number of hydrogen-bond donors (Lipinski definition) is 0. The van der Waals surface area contributed by atoms with E-state index in [0.29, 0.717) is 22.0 Å². The van der Waals surface area contributed by atoms with Crippen LogP contribution in [0.4, 0.5) is 5.69 Å². The number of nitriles is 1. The van der Waals surface area contributed by atoms with E-state index in [2.05, 4.69) is 5.10 Å². The Bertz CT molecular complexity index is 1050. The molecule has 3 rings (SSSR count). The van der Waals surface area contributed by atoms with Crippen LogP contribution in [0.15, 0.2) is 42.5 Å². The Morgan fingerprint density at radius 1 is 1.26 bits per heavy atom. The van der Waals surface area contributed by atoms with Gasteiger partial charge in [0, 0.05) is 12.1 Å². The zero-order valence-corrected chi connectivity index (χ0v) is 15.4. The van der Waals surface area contributed by atoms with Gasteiger partial charge < -0.3 is 4.74 Å². The highest BCUT2D eigenvalue weighted by Crippen LogP contribution is 2.28. The van der Waals surface area contributed by atoms with Gasteiger partial charge in [0.2, 0.25) is 0 Å².